The molecule has 2 heterocycles. The molecule has 0 bridgehead atoms. The van der Waals surface area contributed by atoms with Crippen molar-refractivity contribution in [2.24, 2.45) is 5.73 Å². The lowest BCUT2D eigenvalue weighted by Crippen LogP contribution is -2.40. The molecule has 1 aliphatic rings. The number of likely N-dealkylation sites (tertiary alicyclic amines) is 1. The van der Waals surface area contributed by atoms with Gasteiger partial charge in [0.1, 0.15) is 0 Å². The molecule has 0 aliphatic carbocycles. The molecule has 1 aromatic rings. The number of nitrogens with zero attached hydrogens (tertiary/aromatic N) is 2. The Morgan fingerprint density at radius 3 is 2.74 bits per heavy atom. The summed E-state index contributed by atoms with van der Waals surface area (Å²) in [5, 5.41) is 3.44. The van der Waals surface area contributed by atoms with Gasteiger partial charge in [0.2, 0.25) is 0 Å². The first-order chi connectivity index (χ1) is 8.93. The monoisotopic (exact) mass is 281 g/mol. The van der Waals surface area contributed by atoms with Crippen molar-refractivity contribution < 1.29 is 0 Å². The van der Waals surface area contributed by atoms with Gasteiger partial charge in [0.05, 0.1) is 16.7 Å². The van der Waals surface area contributed by atoms with Crippen LogP contribution >= 0.6 is 11.3 Å². The van der Waals surface area contributed by atoms with E-state index >= 15 is 0 Å². The maximum Gasteiger partial charge on any atom is 0.0982 e. The fraction of sp³-hybridized carbons (Fsp3) is 0.800. The highest BCUT2D eigenvalue weighted by Gasteiger charge is 2.30. The Hall–Kier alpha value is -0.450. The van der Waals surface area contributed by atoms with Gasteiger partial charge in [-0.1, -0.05) is 34.1 Å². The quantitative estimate of drug-likeness (QED) is 0.904. The van der Waals surface area contributed by atoms with Crippen LogP contribution in [-0.2, 0) is 5.41 Å². The van der Waals surface area contributed by atoms with Crippen molar-refractivity contribution in [1.82, 2.24) is 9.88 Å². The van der Waals surface area contributed by atoms with E-state index in [1.807, 2.05) is 0 Å². The maximum atomic E-state index is 6.42. The largest absolute Gasteiger partial charge is 0.326 e. The third kappa shape index (κ3) is 3.36. The van der Waals surface area contributed by atoms with Crippen LogP contribution in [0.4, 0.5) is 0 Å². The van der Waals surface area contributed by atoms with Gasteiger partial charge in [-0.2, -0.15) is 0 Å². The van der Waals surface area contributed by atoms with Crippen molar-refractivity contribution in [1.29, 1.82) is 0 Å². The highest BCUT2D eigenvalue weighted by molar-refractivity contribution is 7.09. The average molecular weight is 281 g/mol. The molecule has 0 aromatic carbocycles. The smallest absolute Gasteiger partial charge is 0.0982 e. The Labute approximate surface area is 121 Å². The molecule has 0 radical (unpaired) electrons. The Bertz CT molecular complexity index is 408. The molecule has 2 N–H and O–H groups in total. The molecule has 2 unspecified atom stereocenters. The summed E-state index contributed by atoms with van der Waals surface area (Å²) in [6, 6.07) is 0.525. The van der Waals surface area contributed by atoms with Crippen molar-refractivity contribution in [3.05, 3.63) is 16.1 Å². The highest BCUT2D eigenvalue weighted by atomic mass is 32.1. The van der Waals surface area contributed by atoms with E-state index < -0.39 is 0 Å². The number of hydrogen-bond donors (Lipinski definition) is 1. The van der Waals surface area contributed by atoms with Crippen molar-refractivity contribution in [2.75, 3.05) is 13.1 Å². The molecule has 0 saturated carbocycles. The summed E-state index contributed by atoms with van der Waals surface area (Å²) < 4.78 is 0. The van der Waals surface area contributed by atoms with Crippen LogP contribution in [0.2, 0.25) is 0 Å². The van der Waals surface area contributed by atoms with Gasteiger partial charge < -0.3 is 5.73 Å². The fourth-order valence-corrected chi connectivity index (χ4v) is 3.73. The van der Waals surface area contributed by atoms with E-state index in [9.17, 15) is 0 Å². The van der Waals surface area contributed by atoms with Crippen LogP contribution in [0.1, 0.15) is 63.7 Å². The Morgan fingerprint density at radius 2 is 2.16 bits per heavy atom. The van der Waals surface area contributed by atoms with E-state index in [1.165, 1.54) is 23.5 Å². The van der Waals surface area contributed by atoms with Crippen LogP contribution in [-0.4, -0.2) is 29.0 Å². The number of likely N-dealkylation sites (N-methyl/N-ethyl adjacent to an activating group) is 1. The predicted molar refractivity (Wildman–Crippen MR) is 82.6 cm³/mol. The Morgan fingerprint density at radius 1 is 1.42 bits per heavy atom. The molecule has 4 heteroatoms. The van der Waals surface area contributed by atoms with Gasteiger partial charge >= 0.3 is 0 Å². The molecule has 1 aromatic heterocycles. The topological polar surface area (TPSA) is 42.1 Å². The molecule has 1 saturated heterocycles. The zero-order valence-electron chi connectivity index (χ0n) is 12.6. The number of hydrogen-bond acceptors (Lipinski definition) is 4. The Balaban J connectivity index is 2.28. The van der Waals surface area contributed by atoms with Crippen LogP contribution in [0, 0.1) is 0 Å². The molecule has 2 atom stereocenters. The van der Waals surface area contributed by atoms with E-state index in [4.69, 9.17) is 10.7 Å². The number of nitrogens with two attached hydrogens (primary N) is 1. The second-order valence-electron chi connectivity index (χ2n) is 6.56. The molecule has 0 spiro atoms. The number of rotatable bonds is 2. The first kappa shape index (κ1) is 14.9. The minimum absolute atomic E-state index is 0.134. The van der Waals surface area contributed by atoms with Gasteiger partial charge in [0.25, 0.3) is 0 Å². The highest BCUT2D eigenvalue weighted by Crippen LogP contribution is 2.33. The SMILES string of the molecule is CCN1CCCCC(N)C1c1csc(C(C)(C)C)n1. The maximum absolute atomic E-state index is 6.42. The molecule has 19 heavy (non-hydrogen) atoms. The fourth-order valence-electron chi connectivity index (χ4n) is 2.79. The summed E-state index contributed by atoms with van der Waals surface area (Å²) in [7, 11) is 0. The molecule has 108 valence electrons. The van der Waals surface area contributed by atoms with Crippen molar-refractivity contribution in [3.63, 3.8) is 0 Å². The van der Waals surface area contributed by atoms with Crippen LogP contribution in [0.25, 0.3) is 0 Å². The molecule has 1 fully saturated rings. The van der Waals surface area contributed by atoms with E-state index in [1.54, 1.807) is 11.3 Å². The summed E-state index contributed by atoms with van der Waals surface area (Å²) in [6.45, 7) is 11.1. The second kappa shape index (κ2) is 5.90. The van der Waals surface area contributed by atoms with Crippen LogP contribution in [0.15, 0.2) is 5.38 Å². The van der Waals surface area contributed by atoms with Crippen molar-refractivity contribution in [2.45, 2.75) is 64.5 Å². The van der Waals surface area contributed by atoms with Crippen molar-refractivity contribution >= 4 is 11.3 Å². The molecule has 0 amide bonds. The lowest BCUT2D eigenvalue weighted by Gasteiger charge is -2.31. The summed E-state index contributed by atoms with van der Waals surface area (Å²) in [5.41, 5.74) is 7.74. The number of thiazole rings is 1. The Kier molecular flexibility index (Phi) is 4.64. The van der Waals surface area contributed by atoms with E-state index in [2.05, 4.69) is 38.0 Å². The lowest BCUT2D eigenvalue weighted by atomic mass is 9.97. The lowest BCUT2D eigenvalue weighted by molar-refractivity contribution is 0.191. The summed E-state index contributed by atoms with van der Waals surface area (Å²) in [6.07, 6.45) is 3.61. The number of aromatic nitrogens is 1. The molecule has 2 rings (SSSR count). The van der Waals surface area contributed by atoms with Gasteiger partial charge in [0, 0.05) is 16.8 Å². The van der Waals surface area contributed by atoms with Crippen molar-refractivity contribution in [3.8, 4) is 0 Å². The molecule has 1 aliphatic heterocycles. The van der Waals surface area contributed by atoms with Gasteiger partial charge in [-0.05, 0) is 25.9 Å². The second-order valence-corrected chi connectivity index (χ2v) is 7.42. The summed E-state index contributed by atoms with van der Waals surface area (Å²) in [4.78, 5) is 7.39. The standard InChI is InChI=1S/C15H27N3S/c1-5-18-9-7-6-8-11(16)13(18)12-10-19-14(17-12)15(2,3)4/h10-11,13H,5-9,16H2,1-4H3. The van der Waals surface area contributed by atoms with Crippen LogP contribution in [0.3, 0.4) is 0 Å². The normalized spacial score (nSPS) is 26.4. The molecule has 3 nitrogen and oxygen atoms in total. The van der Waals surface area contributed by atoms with Crippen LogP contribution in [0.5, 0.6) is 0 Å². The van der Waals surface area contributed by atoms with Gasteiger partial charge in [-0.3, -0.25) is 4.90 Å². The zero-order chi connectivity index (χ0) is 14.0. The van der Waals surface area contributed by atoms with Gasteiger partial charge in [-0.25, -0.2) is 4.98 Å². The molecular weight excluding hydrogens is 254 g/mol. The molecular formula is C15H27N3S. The van der Waals surface area contributed by atoms with E-state index in [0.717, 1.165) is 19.5 Å². The van der Waals surface area contributed by atoms with Gasteiger partial charge in [0.15, 0.2) is 0 Å². The zero-order valence-corrected chi connectivity index (χ0v) is 13.5. The summed E-state index contributed by atoms with van der Waals surface area (Å²) >= 11 is 1.78. The van der Waals surface area contributed by atoms with Crippen LogP contribution < -0.4 is 5.73 Å². The minimum atomic E-state index is 0.134. The van der Waals surface area contributed by atoms with E-state index in [0.29, 0.717) is 6.04 Å². The third-order valence-corrected chi connectivity index (χ3v) is 5.19. The first-order valence-electron chi connectivity index (χ1n) is 7.39. The minimum Gasteiger partial charge on any atom is -0.326 e. The van der Waals surface area contributed by atoms with Gasteiger partial charge in [-0.15, -0.1) is 11.3 Å². The average Bonchev–Trinajstić information content (AvgIpc) is 2.74. The van der Waals surface area contributed by atoms with E-state index in [-0.39, 0.29) is 11.5 Å². The predicted octanol–water partition coefficient (Wildman–Crippen LogP) is 3.31. The third-order valence-electron chi connectivity index (χ3n) is 3.90. The summed E-state index contributed by atoms with van der Waals surface area (Å²) in [5.74, 6) is 0. The first-order valence-corrected chi connectivity index (χ1v) is 8.27.